The Kier molecular flexibility index (Phi) is 5.49. The molecule has 0 saturated heterocycles. The van der Waals surface area contributed by atoms with E-state index in [2.05, 4.69) is 0 Å². The predicted octanol–water partition coefficient (Wildman–Crippen LogP) is 4.30. The van der Waals surface area contributed by atoms with E-state index in [0.29, 0.717) is 0 Å². The number of benzene rings is 2. The summed E-state index contributed by atoms with van der Waals surface area (Å²) >= 11 is 0. The van der Waals surface area contributed by atoms with Gasteiger partial charge in [0.05, 0.1) is 11.6 Å². The smallest absolute Gasteiger partial charge is 0.416 e. The van der Waals surface area contributed by atoms with Gasteiger partial charge in [0.15, 0.2) is 6.61 Å². The van der Waals surface area contributed by atoms with Gasteiger partial charge >= 0.3 is 6.18 Å². The second kappa shape index (κ2) is 7.38. The van der Waals surface area contributed by atoms with Crippen molar-refractivity contribution in [2.75, 3.05) is 13.7 Å². The van der Waals surface area contributed by atoms with Crippen LogP contribution in [0.1, 0.15) is 24.1 Å². The lowest BCUT2D eigenvalue weighted by molar-refractivity contribution is -0.137. The van der Waals surface area contributed by atoms with Crippen LogP contribution in [0.4, 0.5) is 13.2 Å². The van der Waals surface area contributed by atoms with Crippen molar-refractivity contribution in [2.24, 2.45) is 0 Å². The van der Waals surface area contributed by atoms with Gasteiger partial charge < -0.3 is 9.64 Å². The highest BCUT2D eigenvalue weighted by atomic mass is 19.4. The van der Waals surface area contributed by atoms with E-state index in [1.165, 1.54) is 17.0 Å². The zero-order valence-electron chi connectivity index (χ0n) is 13.4. The first-order valence-electron chi connectivity index (χ1n) is 7.39. The van der Waals surface area contributed by atoms with Crippen molar-refractivity contribution in [3.05, 3.63) is 65.7 Å². The zero-order valence-corrected chi connectivity index (χ0v) is 13.4. The monoisotopic (exact) mass is 337 g/mol. The van der Waals surface area contributed by atoms with Gasteiger partial charge in [0.2, 0.25) is 0 Å². The normalized spacial score (nSPS) is 12.5. The number of carbonyl (C=O) groups is 1. The number of carbonyl (C=O) groups excluding carboxylic acids is 1. The maximum absolute atomic E-state index is 12.7. The summed E-state index contributed by atoms with van der Waals surface area (Å²) in [6.45, 7) is 1.55. The van der Waals surface area contributed by atoms with E-state index in [0.717, 1.165) is 17.7 Å². The highest BCUT2D eigenvalue weighted by molar-refractivity contribution is 5.78. The van der Waals surface area contributed by atoms with Crippen LogP contribution >= 0.6 is 0 Å². The molecule has 24 heavy (non-hydrogen) atoms. The maximum Gasteiger partial charge on any atom is 0.416 e. The molecule has 1 unspecified atom stereocenters. The Morgan fingerprint density at radius 3 is 2.42 bits per heavy atom. The number of amides is 1. The van der Waals surface area contributed by atoms with Crippen molar-refractivity contribution in [3.8, 4) is 5.75 Å². The van der Waals surface area contributed by atoms with Crippen LogP contribution in [0.25, 0.3) is 0 Å². The molecule has 2 aromatic carbocycles. The van der Waals surface area contributed by atoms with Crippen LogP contribution in [-0.4, -0.2) is 24.5 Å². The van der Waals surface area contributed by atoms with E-state index in [4.69, 9.17) is 4.74 Å². The third-order valence-electron chi connectivity index (χ3n) is 3.78. The largest absolute Gasteiger partial charge is 0.484 e. The van der Waals surface area contributed by atoms with E-state index in [1.54, 1.807) is 7.05 Å². The molecule has 0 aliphatic heterocycles. The molecule has 2 rings (SSSR count). The summed E-state index contributed by atoms with van der Waals surface area (Å²) in [7, 11) is 1.63. The summed E-state index contributed by atoms with van der Waals surface area (Å²) in [5.74, 6) is -0.303. The summed E-state index contributed by atoms with van der Waals surface area (Å²) in [6.07, 6.45) is -4.44. The van der Waals surface area contributed by atoms with E-state index in [9.17, 15) is 18.0 Å². The molecule has 6 heteroatoms. The van der Waals surface area contributed by atoms with Gasteiger partial charge in [-0.05, 0) is 30.7 Å². The summed E-state index contributed by atoms with van der Waals surface area (Å²) in [4.78, 5) is 13.7. The molecule has 0 N–H and O–H groups in total. The molecule has 0 bridgehead atoms. The first kappa shape index (κ1) is 17.8. The van der Waals surface area contributed by atoms with Crippen molar-refractivity contribution >= 4 is 5.91 Å². The molecule has 0 aliphatic carbocycles. The number of hydrogen-bond acceptors (Lipinski definition) is 2. The lowest BCUT2D eigenvalue weighted by Gasteiger charge is -2.25. The van der Waals surface area contributed by atoms with Gasteiger partial charge in [-0.1, -0.05) is 36.4 Å². The van der Waals surface area contributed by atoms with Gasteiger partial charge in [0.25, 0.3) is 5.91 Å². The summed E-state index contributed by atoms with van der Waals surface area (Å²) in [5, 5.41) is 0. The number of nitrogens with zero attached hydrogens (tertiary/aromatic N) is 1. The first-order valence-corrected chi connectivity index (χ1v) is 7.39. The van der Waals surface area contributed by atoms with Gasteiger partial charge in [-0.3, -0.25) is 4.79 Å². The molecular weight excluding hydrogens is 319 g/mol. The topological polar surface area (TPSA) is 29.5 Å². The van der Waals surface area contributed by atoms with Crippen molar-refractivity contribution < 1.29 is 22.7 Å². The fraction of sp³-hybridized carbons (Fsp3) is 0.278. The molecule has 0 aliphatic rings. The van der Waals surface area contributed by atoms with Crippen LogP contribution in [0.15, 0.2) is 54.6 Å². The van der Waals surface area contributed by atoms with E-state index >= 15 is 0 Å². The molecule has 1 amide bonds. The second-order valence-electron chi connectivity index (χ2n) is 5.41. The van der Waals surface area contributed by atoms with Gasteiger partial charge in [-0.2, -0.15) is 13.2 Å². The highest BCUT2D eigenvalue weighted by Gasteiger charge is 2.30. The standard InChI is InChI=1S/C18H18F3NO2/c1-13(14-7-4-3-5-8-14)22(2)17(23)12-24-16-10-6-9-15(11-16)18(19,20)21/h3-11,13H,12H2,1-2H3. The molecular formula is C18H18F3NO2. The van der Waals surface area contributed by atoms with Crippen LogP contribution in [0.3, 0.4) is 0 Å². The van der Waals surface area contributed by atoms with Gasteiger partial charge in [-0.25, -0.2) is 0 Å². The minimum Gasteiger partial charge on any atom is -0.484 e. The molecule has 0 radical (unpaired) electrons. The summed E-state index contributed by atoms with van der Waals surface area (Å²) in [6, 6.07) is 13.8. The Morgan fingerprint density at radius 2 is 1.79 bits per heavy atom. The minimum absolute atomic E-state index is 0.0129. The first-order chi connectivity index (χ1) is 11.3. The molecule has 0 aromatic heterocycles. The van der Waals surface area contributed by atoms with Crippen molar-refractivity contribution in [2.45, 2.75) is 19.1 Å². The van der Waals surface area contributed by atoms with Crippen LogP contribution in [-0.2, 0) is 11.0 Å². The molecule has 0 heterocycles. The number of likely N-dealkylation sites (N-methyl/N-ethyl adjacent to an activating group) is 1. The number of halogens is 3. The third-order valence-corrected chi connectivity index (χ3v) is 3.78. The van der Waals surface area contributed by atoms with Gasteiger partial charge in [-0.15, -0.1) is 0 Å². The van der Waals surface area contributed by atoms with Crippen molar-refractivity contribution in [3.63, 3.8) is 0 Å². The lowest BCUT2D eigenvalue weighted by atomic mass is 10.1. The number of rotatable bonds is 5. The van der Waals surface area contributed by atoms with E-state index in [-0.39, 0.29) is 24.3 Å². The fourth-order valence-corrected chi connectivity index (χ4v) is 2.18. The van der Waals surface area contributed by atoms with Gasteiger partial charge in [0, 0.05) is 7.05 Å². The molecule has 1 atom stereocenters. The van der Waals surface area contributed by atoms with E-state index in [1.807, 2.05) is 37.3 Å². The average molecular weight is 337 g/mol. The predicted molar refractivity (Wildman–Crippen MR) is 84.6 cm³/mol. The minimum atomic E-state index is -4.44. The fourth-order valence-electron chi connectivity index (χ4n) is 2.18. The molecule has 0 spiro atoms. The number of ether oxygens (including phenoxy) is 1. The van der Waals surface area contributed by atoms with Crippen LogP contribution < -0.4 is 4.74 Å². The van der Waals surface area contributed by atoms with Crippen LogP contribution in [0, 0.1) is 0 Å². The molecule has 0 fully saturated rings. The van der Waals surface area contributed by atoms with Gasteiger partial charge in [0.1, 0.15) is 5.75 Å². The Hall–Kier alpha value is -2.50. The lowest BCUT2D eigenvalue weighted by Crippen LogP contribution is -2.33. The maximum atomic E-state index is 12.7. The Balaban J connectivity index is 1.98. The molecule has 128 valence electrons. The molecule has 3 nitrogen and oxygen atoms in total. The number of alkyl halides is 3. The molecule has 0 saturated carbocycles. The zero-order chi connectivity index (χ0) is 17.7. The quantitative estimate of drug-likeness (QED) is 0.814. The van der Waals surface area contributed by atoms with E-state index < -0.39 is 11.7 Å². The molecule has 2 aromatic rings. The van der Waals surface area contributed by atoms with Crippen LogP contribution in [0.2, 0.25) is 0 Å². The highest BCUT2D eigenvalue weighted by Crippen LogP contribution is 2.31. The number of hydrogen-bond donors (Lipinski definition) is 0. The Bertz CT molecular complexity index is 686. The third kappa shape index (κ3) is 4.50. The SMILES string of the molecule is CC(c1ccccc1)N(C)C(=O)COc1cccc(C(F)(F)F)c1. The Morgan fingerprint density at radius 1 is 1.12 bits per heavy atom. The van der Waals surface area contributed by atoms with Crippen LogP contribution in [0.5, 0.6) is 5.75 Å². The second-order valence-corrected chi connectivity index (χ2v) is 5.41. The summed E-state index contributed by atoms with van der Waals surface area (Å²) < 4.78 is 43.2. The Labute approximate surface area is 138 Å². The van der Waals surface area contributed by atoms with Crippen molar-refractivity contribution in [1.29, 1.82) is 0 Å². The average Bonchev–Trinajstić information content (AvgIpc) is 2.58. The summed E-state index contributed by atoms with van der Waals surface area (Å²) in [5.41, 5.74) is 0.158. The van der Waals surface area contributed by atoms with Crippen molar-refractivity contribution in [1.82, 2.24) is 4.90 Å².